The van der Waals surface area contributed by atoms with Crippen LogP contribution in [0.1, 0.15) is 41.5 Å². The van der Waals surface area contributed by atoms with E-state index in [-0.39, 0.29) is 48.9 Å². The molecule has 1 aromatic heterocycles. The number of hydrogen-bond donors (Lipinski definition) is 0. The molecule has 0 aliphatic carbocycles. The van der Waals surface area contributed by atoms with E-state index in [0.717, 1.165) is 0 Å². The quantitative estimate of drug-likeness (QED) is 0.278. The van der Waals surface area contributed by atoms with Gasteiger partial charge in [-0.3, -0.25) is 4.79 Å². The van der Waals surface area contributed by atoms with Crippen molar-refractivity contribution >= 4 is 11.0 Å². The molecule has 3 aliphatic heterocycles. The Morgan fingerprint density at radius 1 is 0.674 bits per heavy atom. The van der Waals surface area contributed by atoms with E-state index in [9.17, 15) is 4.79 Å². The predicted molar refractivity (Wildman–Crippen MR) is 166 cm³/mol. The zero-order chi connectivity index (χ0) is 32.7. The molecule has 6 rings (SSSR count). The Bertz CT molecular complexity index is 1610. The van der Waals surface area contributed by atoms with Gasteiger partial charge in [0.1, 0.15) is 66.4 Å². The van der Waals surface area contributed by atoms with Gasteiger partial charge < -0.3 is 51.8 Å². The van der Waals surface area contributed by atoms with Crippen LogP contribution in [0, 0.1) is 0 Å². The molecule has 12 heteroatoms. The third-order valence-electron chi connectivity index (χ3n) is 7.70. The number of fused-ring (bicyclic) bond motifs is 1. The fourth-order valence-electron chi connectivity index (χ4n) is 5.60. The van der Waals surface area contributed by atoms with Crippen molar-refractivity contribution in [3.05, 3.63) is 46.6 Å². The molecular weight excluding hydrogens is 600 g/mol. The number of benzene rings is 2. The summed E-state index contributed by atoms with van der Waals surface area (Å²) in [5, 5.41) is 0.279. The number of methoxy groups -OCH3 is 1. The van der Waals surface area contributed by atoms with Crippen LogP contribution in [0.4, 0.5) is 0 Å². The first-order chi connectivity index (χ1) is 21.8. The van der Waals surface area contributed by atoms with E-state index in [1.54, 1.807) is 37.4 Å². The third-order valence-corrected chi connectivity index (χ3v) is 7.70. The summed E-state index contributed by atoms with van der Waals surface area (Å²) in [5.74, 6) is 0.0353. The van der Waals surface area contributed by atoms with Crippen LogP contribution < -0.4 is 24.4 Å². The molecule has 3 unspecified atom stereocenters. The lowest BCUT2D eigenvalue weighted by Gasteiger charge is -2.19. The lowest BCUT2D eigenvalue weighted by molar-refractivity contribution is -0.142. The second kappa shape index (κ2) is 12.7. The summed E-state index contributed by atoms with van der Waals surface area (Å²) in [6, 6.07) is 10.1. The normalized spacial score (nSPS) is 24.7. The molecule has 3 atom stereocenters. The van der Waals surface area contributed by atoms with Crippen molar-refractivity contribution in [1.82, 2.24) is 0 Å². The van der Waals surface area contributed by atoms with E-state index < -0.39 is 17.4 Å². The van der Waals surface area contributed by atoms with Crippen LogP contribution in [0.15, 0.2) is 45.6 Å². The first kappa shape index (κ1) is 32.5. The van der Waals surface area contributed by atoms with Crippen LogP contribution in [0.25, 0.3) is 22.3 Å². The smallest absolute Gasteiger partial charge is 0.197 e. The lowest BCUT2D eigenvalue weighted by Crippen LogP contribution is -2.25. The molecule has 3 fully saturated rings. The highest BCUT2D eigenvalue weighted by atomic mass is 16.8. The van der Waals surface area contributed by atoms with Gasteiger partial charge in [0.05, 0.1) is 26.9 Å². The Hall–Kier alpha value is -3.39. The van der Waals surface area contributed by atoms with Gasteiger partial charge in [-0.15, -0.1) is 0 Å². The van der Waals surface area contributed by atoms with Crippen LogP contribution >= 0.6 is 0 Å². The molecule has 0 amide bonds. The Morgan fingerprint density at radius 2 is 1.22 bits per heavy atom. The monoisotopic (exact) mass is 642 g/mol. The molecule has 3 aromatic rings. The molecule has 0 bridgehead atoms. The molecular formula is C34H42O12. The Balaban J connectivity index is 1.29. The highest BCUT2D eigenvalue weighted by Gasteiger charge is 2.35. The highest BCUT2D eigenvalue weighted by molar-refractivity contribution is 5.86. The minimum atomic E-state index is -0.707. The molecule has 0 radical (unpaired) electrons. The molecule has 0 N–H and O–H groups in total. The minimum Gasteiger partial charge on any atom is -0.493 e. The molecule has 3 saturated heterocycles. The van der Waals surface area contributed by atoms with Gasteiger partial charge in [-0.25, -0.2) is 0 Å². The van der Waals surface area contributed by atoms with Crippen molar-refractivity contribution < 1.29 is 51.8 Å². The van der Waals surface area contributed by atoms with E-state index in [2.05, 4.69) is 0 Å². The SMILES string of the molecule is COc1ccc(-c2cc(=O)c3c(OCC4COC(C)(C)O4)cc(OCC4COC(C)(C)O4)cc3o2)cc1OCC1COC(C)(C)O1. The van der Waals surface area contributed by atoms with Crippen molar-refractivity contribution in [1.29, 1.82) is 0 Å². The van der Waals surface area contributed by atoms with Gasteiger partial charge >= 0.3 is 0 Å². The molecule has 3 aliphatic rings. The van der Waals surface area contributed by atoms with Gasteiger partial charge in [0, 0.05) is 23.8 Å². The fourth-order valence-corrected chi connectivity index (χ4v) is 5.60. The second-order valence-electron chi connectivity index (χ2n) is 12.9. The van der Waals surface area contributed by atoms with Crippen molar-refractivity contribution in [3.63, 3.8) is 0 Å². The average Bonchev–Trinajstić information content (AvgIpc) is 3.66. The van der Waals surface area contributed by atoms with Gasteiger partial charge in [-0.05, 0) is 59.7 Å². The summed E-state index contributed by atoms with van der Waals surface area (Å²) in [4.78, 5) is 13.7. The average molecular weight is 643 g/mol. The Labute approximate surface area is 267 Å². The molecule has 46 heavy (non-hydrogen) atoms. The van der Waals surface area contributed by atoms with Gasteiger partial charge in [-0.1, -0.05) is 0 Å². The van der Waals surface area contributed by atoms with Crippen molar-refractivity contribution in [2.45, 2.75) is 77.2 Å². The minimum absolute atomic E-state index is 0.170. The van der Waals surface area contributed by atoms with Crippen LogP contribution in [0.2, 0.25) is 0 Å². The molecule has 250 valence electrons. The maximum absolute atomic E-state index is 13.7. The van der Waals surface area contributed by atoms with E-state index in [0.29, 0.717) is 59.7 Å². The second-order valence-corrected chi connectivity index (χ2v) is 12.9. The van der Waals surface area contributed by atoms with Crippen LogP contribution in [0.5, 0.6) is 23.0 Å². The predicted octanol–water partition coefficient (Wildman–Crippen LogP) is 5.06. The molecule has 4 heterocycles. The molecule has 0 saturated carbocycles. The van der Waals surface area contributed by atoms with Gasteiger partial charge in [-0.2, -0.15) is 0 Å². The standard InChI is InChI=1S/C34H42O12/c1-32(2)40-17-22(44-32)14-37-21-11-29(39-16-24-19-42-34(5,6)46-24)31-25(35)13-27(43-30(31)12-21)20-8-9-26(36-7)28(10-20)38-15-23-18-41-33(3,4)45-23/h8-13,22-24H,14-19H2,1-7H3. The molecule has 2 aromatic carbocycles. The Morgan fingerprint density at radius 3 is 1.74 bits per heavy atom. The summed E-state index contributed by atoms with van der Waals surface area (Å²) in [6.07, 6.45) is -0.805. The summed E-state index contributed by atoms with van der Waals surface area (Å²) in [5.41, 5.74) is 0.623. The largest absolute Gasteiger partial charge is 0.493 e. The fraction of sp³-hybridized carbons (Fsp3) is 0.559. The highest BCUT2D eigenvalue weighted by Crippen LogP contribution is 2.37. The summed E-state index contributed by atoms with van der Waals surface area (Å²) in [6.45, 7) is 13.0. The van der Waals surface area contributed by atoms with E-state index >= 15 is 0 Å². The van der Waals surface area contributed by atoms with Gasteiger partial charge in [0.2, 0.25) is 0 Å². The summed E-state index contributed by atoms with van der Waals surface area (Å²) >= 11 is 0. The zero-order valence-corrected chi connectivity index (χ0v) is 27.3. The maximum atomic E-state index is 13.7. The lowest BCUT2D eigenvalue weighted by atomic mass is 10.1. The van der Waals surface area contributed by atoms with Crippen LogP contribution in [0.3, 0.4) is 0 Å². The van der Waals surface area contributed by atoms with E-state index in [1.165, 1.54) is 6.07 Å². The van der Waals surface area contributed by atoms with Gasteiger partial charge in [0.25, 0.3) is 0 Å². The zero-order valence-electron chi connectivity index (χ0n) is 27.3. The number of hydrogen-bond acceptors (Lipinski definition) is 12. The first-order valence-electron chi connectivity index (χ1n) is 15.4. The summed E-state index contributed by atoms with van der Waals surface area (Å²) < 4.78 is 64.8. The molecule has 0 spiro atoms. The van der Waals surface area contributed by atoms with Crippen molar-refractivity contribution in [2.75, 3.05) is 46.8 Å². The topological polar surface area (TPSA) is 123 Å². The van der Waals surface area contributed by atoms with Crippen LogP contribution in [-0.4, -0.2) is 82.4 Å². The molecule has 12 nitrogen and oxygen atoms in total. The van der Waals surface area contributed by atoms with Gasteiger partial charge in [0.15, 0.2) is 34.3 Å². The maximum Gasteiger partial charge on any atom is 0.197 e. The Kier molecular flexibility index (Phi) is 8.96. The van der Waals surface area contributed by atoms with E-state index in [1.807, 2.05) is 41.5 Å². The van der Waals surface area contributed by atoms with Crippen LogP contribution in [-0.2, 0) is 28.4 Å². The van der Waals surface area contributed by atoms with Crippen molar-refractivity contribution in [2.24, 2.45) is 0 Å². The third kappa shape index (κ3) is 7.59. The van der Waals surface area contributed by atoms with Crippen molar-refractivity contribution in [3.8, 4) is 34.3 Å². The van der Waals surface area contributed by atoms with E-state index in [4.69, 9.17) is 51.8 Å². The summed E-state index contributed by atoms with van der Waals surface area (Å²) in [7, 11) is 1.56. The first-order valence-corrected chi connectivity index (χ1v) is 15.4. The number of ether oxygens (including phenoxy) is 10. The number of rotatable bonds is 11.